The van der Waals surface area contributed by atoms with Crippen LogP contribution in [0.2, 0.25) is 0 Å². The summed E-state index contributed by atoms with van der Waals surface area (Å²) in [7, 11) is -10.8. The van der Waals surface area contributed by atoms with Gasteiger partial charge in [-0.1, -0.05) is 98.7 Å². The average molecular weight is 577 g/mol. The van der Waals surface area contributed by atoms with Crippen molar-refractivity contribution >= 4 is 18.7 Å². The van der Waals surface area contributed by atoms with E-state index in [-0.39, 0.29) is 27.1 Å². The van der Waals surface area contributed by atoms with Crippen LogP contribution in [-0.4, -0.2) is 0 Å². The topological polar surface area (TPSA) is 0 Å². The van der Waals surface area contributed by atoms with Crippen LogP contribution in [0.3, 0.4) is 0 Å². The second kappa shape index (κ2) is 9.89. The van der Waals surface area contributed by atoms with Crippen LogP contribution in [0, 0.1) is 0 Å². The molecular weight excluding hydrogens is 537 g/mol. The van der Waals surface area contributed by atoms with Crippen molar-refractivity contribution in [1.82, 2.24) is 0 Å². The van der Waals surface area contributed by atoms with E-state index in [1.807, 2.05) is 0 Å². The number of hydrogen-bond acceptors (Lipinski definition) is 0. The first-order valence-corrected chi connectivity index (χ1v) is 15.6. The summed E-state index contributed by atoms with van der Waals surface area (Å²) in [6.45, 7) is 20.5. The first-order valence-electron chi connectivity index (χ1n) is 12.3. The van der Waals surface area contributed by atoms with Crippen molar-refractivity contribution in [3.63, 3.8) is 0 Å². The van der Waals surface area contributed by atoms with E-state index in [1.54, 1.807) is 0 Å². The third kappa shape index (κ3) is 11.0. The second-order valence-corrected chi connectivity index (χ2v) is 16.5. The molecule has 0 heterocycles. The predicted octanol–water partition coefficient (Wildman–Crippen LogP) is 12.1. The average Bonchev–Trinajstić information content (AvgIpc) is 2.71. The summed E-state index contributed by atoms with van der Waals surface area (Å²) in [6.07, 6.45) is 0. The van der Waals surface area contributed by atoms with Gasteiger partial charge in [0.05, 0.1) is 10.9 Å². The molecule has 0 saturated heterocycles. The Bertz CT molecular complexity index is 1060. The molecule has 0 nitrogen and oxygen atoms in total. The Kier molecular flexibility index (Phi) is 8.39. The summed E-state index contributed by atoms with van der Waals surface area (Å²) >= 11 is 0. The first-order chi connectivity index (χ1) is 16.7. The molecule has 0 aromatic heterocycles. The normalized spacial score (nSPS) is 14.8. The van der Waals surface area contributed by atoms with Crippen molar-refractivity contribution in [3.8, 4) is 0 Å². The zero-order chi connectivity index (χ0) is 29.4. The standard InChI is InChI=1S/C30H39S.F6P/c1-28(2,3)22-10-16-25(17-11-22)31(26-18-12-23(13-19-26)29(4,5)6)27-20-14-24(15-21-27)30(7,8)9;1-7(2,3,4,5)6/h10-21H,1-9H3;/q+1;-1. The summed E-state index contributed by atoms with van der Waals surface area (Å²) in [5, 5.41) is 0. The third-order valence-corrected chi connectivity index (χ3v) is 8.10. The van der Waals surface area contributed by atoms with Gasteiger partial charge in [0.25, 0.3) is 0 Å². The fraction of sp³-hybridized carbons (Fsp3) is 0.400. The molecule has 0 amide bonds. The molecule has 38 heavy (non-hydrogen) atoms. The predicted molar refractivity (Wildman–Crippen MR) is 151 cm³/mol. The summed E-state index contributed by atoms with van der Waals surface area (Å²) in [4.78, 5) is 4.13. The molecule has 3 aromatic carbocycles. The fourth-order valence-electron chi connectivity index (χ4n) is 3.68. The SMILES string of the molecule is CC(C)(C)c1ccc([S+](c2ccc(C(C)(C)C)cc2)c2ccc(C(C)(C)C)cc2)cc1.F[P-](F)(F)(F)(F)F. The summed E-state index contributed by atoms with van der Waals surface area (Å²) in [5.41, 5.74) is 4.64. The van der Waals surface area contributed by atoms with Crippen LogP contribution in [0.15, 0.2) is 87.5 Å². The molecule has 0 bridgehead atoms. The van der Waals surface area contributed by atoms with Crippen molar-refractivity contribution < 1.29 is 25.2 Å². The molecule has 212 valence electrons. The molecule has 0 aliphatic carbocycles. The molecule has 0 aliphatic heterocycles. The molecule has 0 spiro atoms. The Balaban J connectivity index is 0.000000638. The number of hydrogen-bond donors (Lipinski definition) is 0. The van der Waals surface area contributed by atoms with E-state index in [4.69, 9.17) is 0 Å². The molecule has 8 heteroatoms. The van der Waals surface area contributed by atoms with E-state index in [0.29, 0.717) is 0 Å². The van der Waals surface area contributed by atoms with Gasteiger partial charge in [-0.3, -0.25) is 0 Å². The molecule has 0 unspecified atom stereocenters. The van der Waals surface area contributed by atoms with Gasteiger partial charge in [0.1, 0.15) is 0 Å². The van der Waals surface area contributed by atoms with Crippen LogP contribution >= 0.6 is 7.81 Å². The van der Waals surface area contributed by atoms with Gasteiger partial charge >= 0.3 is 33.0 Å². The molecule has 3 aromatic rings. The first kappa shape index (κ1) is 32.2. The van der Waals surface area contributed by atoms with E-state index >= 15 is 0 Å². The number of benzene rings is 3. The van der Waals surface area contributed by atoms with Crippen molar-refractivity contribution in [2.45, 2.75) is 93.2 Å². The van der Waals surface area contributed by atoms with E-state index in [2.05, 4.69) is 135 Å². The van der Waals surface area contributed by atoms with E-state index in [9.17, 15) is 25.2 Å². The fourth-order valence-corrected chi connectivity index (χ4v) is 5.72. The van der Waals surface area contributed by atoms with Gasteiger partial charge in [0, 0.05) is 0 Å². The zero-order valence-corrected chi connectivity index (χ0v) is 25.3. The van der Waals surface area contributed by atoms with Gasteiger partial charge in [0.15, 0.2) is 14.7 Å². The van der Waals surface area contributed by atoms with Crippen LogP contribution in [0.25, 0.3) is 0 Å². The third-order valence-electron chi connectivity index (χ3n) is 5.87. The molecule has 0 N–H and O–H groups in total. The van der Waals surface area contributed by atoms with E-state index < -0.39 is 7.81 Å². The van der Waals surface area contributed by atoms with Crippen molar-refractivity contribution in [1.29, 1.82) is 0 Å². The Morgan fingerprint density at radius 1 is 0.395 bits per heavy atom. The second-order valence-electron chi connectivity index (χ2n) is 12.6. The van der Waals surface area contributed by atoms with E-state index in [0.717, 1.165) is 0 Å². The summed E-state index contributed by atoms with van der Waals surface area (Å²) in [6, 6.07) is 27.8. The van der Waals surface area contributed by atoms with E-state index in [1.165, 1.54) is 31.4 Å². The van der Waals surface area contributed by atoms with Crippen LogP contribution in [0.1, 0.15) is 79.0 Å². The Hall–Kier alpha value is -1.98. The number of halogens is 6. The van der Waals surface area contributed by atoms with Gasteiger partial charge in [-0.15, -0.1) is 0 Å². The maximum atomic E-state index is 9.87. The molecule has 0 fully saturated rings. The monoisotopic (exact) mass is 576 g/mol. The minimum absolute atomic E-state index is 0.120. The Labute approximate surface area is 226 Å². The molecule has 3 rings (SSSR count). The van der Waals surface area contributed by atoms with Gasteiger partial charge < -0.3 is 0 Å². The molecule has 0 radical (unpaired) electrons. The van der Waals surface area contributed by atoms with Gasteiger partial charge in [-0.05, 0) is 69.3 Å². The van der Waals surface area contributed by atoms with Crippen molar-refractivity contribution in [3.05, 3.63) is 89.5 Å². The summed E-state index contributed by atoms with van der Waals surface area (Å²) < 4.78 is 59.2. The quantitative estimate of drug-likeness (QED) is 0.165. The van der Waals surface area contributed by atoms with Gasteiger partial charge in [0.2, 0.25) is 0 Å². The van der Waals surface area contributed by atoms with Crippen molar-refractivity contribution in [2.75, 3.05) is 0 Å². The molecular formula is C30H39F6PS. The molecule has 0 saturated carbocycles. The molecule has 0 aliphatic rings. The maximum absolute atomic E-state index is 10.7. The Morgan fingerprint density at radius 2 is 0.553 bits per heavy atom. The van der Waals surface area contributed by atoms with Crippen LogP contribution in [0.5, 0.6) is 0 Å². The van der Waals surface area contributed by atoms with Crippen LogP contribution in [0.4, 0.5) is 25.2 Å². The van der Waals surface area contributed by atoms with Crippen molar-refractivity contribution in [2.24, 2.45) is 0 Å². The Morgan fingerprint density at radius 3 is 0.684 bits per heavy atom. The van der Waals surface area contributed by atoms with Crippen LogP contribution < -0.4 is 0 Å². The molecule has 0 atom stereocenters. The van der Waals surface area contributed by atoms with Gasteiger partial charge in [-0.2, -0.15) is 0 Å². The summed E-state index contributed by atoms with van der Waals surface area (Å²) in [5.74, 6) is 0. The zero-order valence-electron chi connectivity index (χ0n) is 23.6. The van der Waals surface area contributed by atoms with Crippen LogP contribution in [-0.2, 0) is 27.1 Å². The van der Waals surface area contributed by atoms with Gasteiger partial charge in [-0.25, -0.2) is 0 Å². The number of rotatable bonds is 3. The minimum atomic E-state index is -10.7.